The lowest BCUT2D eigenvalue weighted by molar-refractivity contribution is -0.918. The molecule has 23 heavy (non-hydrogen) atoms. The van der Waals surface area contributed by atoms with Crippen molar-refractivity contribution in [2.45, 2.75) is 30.8 Å². The number of nitrogens with one attached hydrogen (secondary N) is 1. The number of benzene rings is 1. The fourth-order valence-corrected chi connectivity index (χ4v) is 5.84. The molecule has 2 fully saturated rings. The van der Waals surface area contributed by atoms with Gasteiger partial charge in [-0.3, -0.25) is 0 Å². The largest absolute Gasteiger partial charge is 0.631 e. The quantitative estimate of drug-likeness (QED) is 0.476. The normalized spacial score (nSPS) is 44.6. The van der Waals surface area contributed by atoms with Gasteiger partial charge in [0.25, 0.3) is 0 Å². The summed E-state index contributed by atoms with van der Waals surface area (Å²) in [6.07, 6.45) is 5.98. The van der Waals surface area contributed by atoms with Gasteiger partial charge in [0.1, 0.15) is 6.54 Å². The van der Waals surface area contributed by atoms with Gasteiger partial charge in [0.15, 0.2) is 5.66 Å². The lowest BCUT2D eigenvalue weighted by Crippen LogP contribution is -2.71. The van der Waals surface area contributed by atoms with Crippen molar-refractivity contribution in [3.05, 3.63) is 58.3 Å². The van der Waals surface area contributed by atoms with Gasteiger partial charge in [-0.25, -0.2) is 0 Å². The third kappa shape index (κ3) is 1.31. The van der Waals surface area contributed by atoms with Crippen LogP contribution in [0.4, 0.5) is 5.69 Å². The van der Waals surface area contributed by atoms with Crippen molar-refractivity contribution in [2.24, 2.45) is 5.92 Å². The molecule has 4 aliphatic rings. The maximum atomic E-state index is 13.8. The number of anilines is 1. The van der Waals surface area contributed by atoms with Crippen molar-refractivity contribution in [3.63, 3.8) is 0 Å². The van der Waals surface area contributed by atoms with E-state index < -0.39 is 5.66 Å². The zero-order valence-electron chi connectivity index (χ0n) is 13.4. The Morgan fingerprint density at radius 2 is 2.26 bits per heavy atom. The number of hydrogen-bond donors (Lipinski definition) is 2. The molecule has 4 nitrogen and oxygen atoms in total. The Kier molecular flexibility index (Phi) is 2.44. The number of para-hydroxylation sites is 1. The summed E-state index contributed by atoms with van der Waals surface area (Å²) in [7, 11) is 0. The first-order valence-electron chi connectivity index (χ1n) is 8.53. The highest BCUT2D eigenvalue weighted by atomic mass is 16.6. The summed E-state index contributed by atoms with van der Waals surface area (Å²) in [4.78, 5) is 0. The summed E-state index contributed by atoms with van der Waals surface area (Å²) in [6, 6.07) is 8.34. The van der Waals surface area contributed by atoms with Gasteiger partial charge in [0, 0.05) is 24.4 Å². The molecule has 2 N–H and O–H groups in total. The van der Waals surface area contributed by atoms with Crippen molar-refractivity contribution in [2.75, 3.05) is 25.0 Å². The first kappa shape index (κ1) is 13.8. The standard InChI is InChI=1S/C19H22N2O2/c1-2-13-11-21(23)8-7-18-9-14(12-22)15(13)10-19(18,21)20-17-6-4-3-5-16(17)18/h2-6,9,15,20,22H,7-8,10-12H2,1H3/b13-2-/t15-,18+,19-,21?/m0/s1. The molecular formula is C19H22N2O2. The second-order valence-electron chi connectivity index (χ2n) is 7.52. The van der Waals surface area contributed by atoms with E-state index >= 15 is 0 Å². The van der Waals surface area contributed by atoms with Crippen LogP contribution in [0.15, 0.2) is 47.6 Å². The van der Waals surface area contributed by atoms with Crippen molar-refractivity contribution < 1.29 is 9.75 Å². The number of aliphatic hydroxyl groups is 1. The molecule has 0 amide bonds. The molecule has 1 aromatic carbocycles. The number of rotatable bonds is 1. The van der Waals surface area contributed by atoms with Crippen LogP contribution in [0.1, 0.15) is 25.3 Å². The third-order valence-corrected chi connectivity index (χ3v) is 6.87. The summed E-state index contributed by atoms with van der Waals surface area (Å²) >= 11 is 0. The van der Waals surface area contributed by atoms with Crippen LogP contribution in [0.3, 0.4) is 0 Å². The predicted molar refractivity (Wildman–Crippen MR) is 89.5 cm³/mol. The zero-order valence-corrected chi connectivity index (χ0v) is 13.4. The average molecular weight is 310 g/mol. The van der Waals surface area contributed by atoms with E-state index in [2.05, 4.69) is 35.7 Å². The van der Waals surface area contributed by atoms with Gasteiger partial charge in [-0.2, -0.15) is 0 Å². The molecule has 4 atom stereocenters. The molecule has 0 saturated carbocycles. The van der Waals surface area contributed by atoms with Crippen molar-refractivity contribution in [1.82, 2.24) is 0 Å². The maximum Gasteiger partial charge on any atom is 0.187 e. The zero-order chi connectivity index (χ0) is 15.9. The van der Waals surface area contributed by atoms with Crippen LogP contribution < -0.4 is 5.32 Å². The molecule has 4 heteroatoms. The molecule has 1 unspecified atom stereocenters. The van der Waals surface area contributed by atoms with Crippen LogP contribution in [0.25, 0.3) is 0 Å². The van der Waals surface area contributed by atoms with Crippen LogP contribution in [0, 0.1) is 11.1 Å². The summed E-state index contributed by atoms with van der Waals surface area (Å²) in [5.74, 6) is 0.207. The lowest BCUT2D eigenvalue weighted by atomic mass is 9.60. The molecule has 1 aromatic rings. The van der Waals surface area contributed by atoms with E-state index in [1.165, 1.54) is 11.1 Å². The first-order valence-corrected chi connectivity index (χ1v) is 8.53. The Labute approximate surface area is 136 Å². The second kappa shape index (κ2) is 4.07. The number of quaternary nitrogens is 1. The highest BCUT2D eigenvalue weighted by Gasteiger charge is 2.73. The SMILES string of the molecule is C/C=C1/C[N+]2([O-])CC[C@]34C=C(CO)[C@H]1C[C@@]32Nc1ccccc14. The van der Waals surface area contributed by atoms with Crippen LogP contribution in [0.5, 0.6) is 0 Å². The topological polar surface area (TPSA) is 55.3 Å². The summed E-state index contributed by atoms with van der Waals surface area (Å²) in [5.41, 5.74) is 3.87. The fraction of sp³-hybridized carbons (Fsp3) is 0.474. The Morgan fingerprint density at radius 3 is 3.04 bits per heavy atom. The molecule has 3 heterocycles. The van der Waals surface area contributed by atoms with E-state index in [-0.39, 0.29) is 22.6 Å². The molecule has 0 radical (unpaired) electrons. The molecule has 120 valence electrons. The second-order valence-corrected chi connectivity index (χ2v) is 7.52. The Bertz CT molecular complexity index is 770. The highest BCUT2D eigenvalue weighted by molar-refractivity contribution is 5.68. The van der Waals surface area contributed by atoms with E-state index in [1.807, 2.05) is 13.0 Å². The van der Waals surface area contributed by atoms with Gasteiger partial charge in [0.2, 0.25) is 0 Å². The maximum absolute atomic E-state index is 13.8. The number of nitrogens with zero attached hydrogens (tertiary/aromatic N) is 1. The monoisotopic (exact) mass is 310 g/mol. The predicted octanol–water partition coefficient (Wildman–Crippen LogP) is 2.66. The molecular weight excluding hydrogens is 288 g/mol. The minimum atomic E-state index is -0.494. The minimum Gasteiger partial charge on any atom is -0.631 e. The van der Waals surface area contributed by atoms with Gasteiger partial charge >= 0.3 is 0 Å². The van der Waals surface area contributed by atoms with E-state index in [0.717, 1.165) is 24.1 Å². The third-order valence-electron chi connectivity index (χ3n) is 6.87. The number of aliphatic hydroxyl groups excluding tert-OH is 1. The molecule has 2 bridgehead atoms. The van der Waals surface area contributed by atoms with Crippen LogP contribution in [-0.4, -0.2) is 35.1 Å². The molecule has 2 saturated heterocycles. The molecule has 3 aliphatic heterocycles. The average Bonchev–Trinajstić information content (AvgIpc) is 3.02. The van der Waals surface area contributed by atoms with Crippen molar-refractivity contribution in [3.8, 4) is 0 Å². The van der Waals surface area contributed by atoms with Gasteiger partial charge in [-0.05, 0) is 29.7 Å². The van der Waals surface area contributed by atoms with Gasteiger partial charge < -0.3 is 20.3 Å². The van der Waals surface area contributed by atoms with Crippen LogP contribution in [0.2, 0.25) is 0 Å². The number of piperidine rings is 1. The number of hydroxylamine groups is 3. The minimum absolute atomic E-state index is 0.0842. The van der Waals surface area contributed by atoms with E-state index in [9.17, 15) is 10.3 Å². The molecule has 0 aromatic heterocycles. The number of fused-ring (bicyclic) bond motifs is 2. The van der Waals surface area contributed by atoms with E-state index in [4.69, 9.17) is 0 Å². The van der Waals surface area contributed by atoms with Gasteiger partial charge in [-0.15, -0.1) is 0 Å². The van der Waals surface area contributed by atoms with Crippen molar-refractivity contribution >= 4 is 5.69 Å². The molecule has 5 rings (SSSR count). The van der Waals surface area contributed by atoms with Crippen LogP contribution in [-0.2, 0) is 5.41 Å². The Balaban J connectivity index is 1.83. The number of allylic oxidation sites excluding steroid dienone is 1. The molecule has 1 spiro atoms. The summed E-state index contributed by atoms with van der Waals surface area (Å²) < 4.78 is -0.174. The number of hydrogen-bond acceptors (Lipinski definition) is 3. The molecule has 1 aliphatic carbocycles. The summed E-state index contributed by atoms with van der Waals surface area (Å²) in [6.45, 7) is 3.28. The Morgan fingerprint density at radius 1 is 1.43 bits per heavy atom. The van der Waals surface area contributed by atoms with Crippen LogP contribution >= 0.6 is 0 Å². The smallest absolute Gasteiger partial charge is 0.187 e. The Hall–Kier alpha value is -1.62. The first-order chi connectivity index (χ1) is 11.1. The van der Waals surface area contributed by atoms with Gasteiger partial charge in [-0.1, -0.05) is 30.4 Å². The van der Waals surface area contributed by atoms with Gasteiger partial charge in [0.05, 0.1) is 18.6 Å². The lowest BCUT2D eigenvalue weighted by Gasteiger charge is -2.61. The fourth-order valence-electron chi connectivity index (χ4n) is 5.84. The highest BCUT2D eigenvalue weighted by Crippen LogP contribution is 2.66. The summed E-state index contributed by atoms with van der Waals surface area (Å²) in [5, 5.41) is 27.5. The van der Waals surface area contributed by atoms with E-state index in [1.54, 1.807) is 0 Å². The van der Waals surface area contributed by atoms with E-state index in [0.29, 0.717) is 13.1 Å². The van der Waals surface area contributed by atoms with Crippen molar-refractivity contribution in [1.29, 1.82) is 0 Å².